The van der Waals surface area contributed by atoms with Gasteiger partial charge in [0.1, 0.15) is 0 Å². The van der Waals surface area contributed by atoms with Gasteiger partial charge in [0, 0.05) is 49.9 Å². The second-order valence-corrected chi connectivity index (χ2v) is 7.37. The van der Waals surface area contributed by atoms with Crippen LogP contribution in [-0.2, 0) is 10.9 Å². The number of benzene rings is 1. The van der Waals surface area contributed by atoms with E-state index in [0.717, 1.165) is 50.7 Å². The first kappa shape index (κ1) is 24.0. The minimum atomic E-state index is -4.33. The van der Waals surface area contributed by atoms with Crippen LogP contribution in [0.1, 0.15) is 30.0 Å². The highest BCUT2D eigenvalue weighted by Gasteiger charge is 2.35. The molecule has 26 heavy (non-hydrogen) atoms. The van der Waals surface area contributed by atoms with Gasteiger partial charge >= 0.3 is 6.18 Å². The molecule has 0 spiro atoms. The molecule has 0 unspecified atom stereocenters. The summed E-state index contributed by atoms with van der Waals surface area (Å²) in [6.07, 6.45) is -2.55. The molecule has 1 atom stereocenters. The Balaban J connectivity index is 0.00000169. The third-order valence-corrected chi connectivity index (χ3v) is 5.30. The lowest BCUT2D eigenvalue weighted by molar-refractivity contribution is -0.137. The first-order chi connectivity index (χ1) is 11.4. The van der Waals surface area contributed by atoms with Gasteiger partial charge in [0.2, 0.25) is 0 Å². The maximum atomic E-state index is 13.2. The maximum absolute atomic E-state index is 13.2. The highest BCUT2D eigenvalue weighted by Crippen LogP contribution is 2.39. The summed E-state index contributed by atoms with van der Waals surface area (Å²) in [5.74, 6) is 0.326. The van der Waals surface area contributed by atoms with Gasteiger partial charge in [-0.1, -0.05) is 15.9 Å². The fraction of sp³-hybridized carbons (Fsp3) is 0.647. The van der Waals surface area contributed by atoms with Crippen molar-refractivity contribution in [3.05, 3.63) is 33.8 Å². The van der Waals surface area contributed by atoms with E-state index >= 15 is 0 Å². The van der Waals surface area contributed by atoms with Crippen LogP contribution in [0.15, 0.2) is 22.7 Å². The van der Waals surface area contributed by atoms with Gasteiger partial charge < -0.3 is 10.1 Å². The number of piperazine rings is 1. The molecule has 1 aromatic rings. The van der Waals surface area contributed by atoms with Crippen LogP contribution in [0.4, 0.5) is 13.2 Å². The second kappa shape index (κ2) is 10.5. The summed E-state index contributed by atoms with van der Waals surface area (Å²) in [7, 11) is 0. The number of hydrogen-bond donors (Lipinski definition) is 1. The molecule has 1 aromatic carbocycles. The van der Waals surface area contributed by atoms with Gasteiger partial charge in [-0.05, 0) is 42.5 Å². The molecule has 2 heterocycles. The minimum Gasteiger partial charge on any atom is -0.381 e. The molecule has 2 aliphatic heterocycles. The summed E-state index contributed by atoms with van der Waals surface area (Å²) in [6, 6.07) is 4.33. The van der Waals surface area contributed by atoms with E-state index in [1.165, 1.54) is 6.07 Å². The van der Waals surface area contributed by atoms with Gasteiger partial charge in [-0.2, -0.15) is 13.2 Å². The van der Waals surface area contributed by atoms with E-state index < -0.39 is 11.7 Å². The van der Waals surface area contributed by atoms with E-state index in [-0.39, 0.29) is 30.9 Å². The van der Waals surface area contributed by atoms with E-state index in [2.05, 4.69) is 26.1 Å². The third-order valence-electron chi connectivity index (χ3n) is 4.85. The monoisotopic (exact) mass is 478 g/mol. The first-order valence-electron chi connectivity index (χ1n) is 8.35. The van der Waals surface area contributed by atoms with Crippen molar-refractivity contribution in [3.63, 3.8) is 0 Å². The van der Waals surface area contributed by atoms with Crippen molar-refractivity contribution in [1.82, 2.24) is 10.2 Å². The molecule has 0 radical (unpaired) electrons. The molecule has 0 saturated carbocycles. The zero-order valence-electron chi connectivity index (χ0n) is 14.2. The van der Waals surface area contributed by atoms with E-state index in [1.807, 2.05) is 6.07 Å². The van der Waals surface area contributed by atoms with E-state index in [1.54, 1.807) is 0 Å². The molecule has 2 fully saturated rings. The molecule has 0 bridgehead atoms. The molecule has 3 nitrogen and oxygen atoms in total. The van der Waals surface area contributed by atoms with Gasteiger partial charge in [0.15, 0.2) is 0 Å². The Morgan fingerprint density at radius 2 is 1.69 bits per heavy atom. The summed E-state index contributed by atoms with van der Waals surface area (Å²) in [6.45, 7) is 4.84. The Kier molecular flexibility index (Phi) is 9.67. The molecule has 2 saturated heterocycles. The average molecular weight is 480 g/mol. The van der Waals surface area contributed by atoms with E-state index in [9.17, 15) is 13.2 Å². The molecule has 1 N–H and O–H groups in total. The predicted octanol–water partition coefficient (Wildman–Crippen LogP) is 4.68. The highest BCUT2D eigenvalue weighted by molar-refractivity contribution is 9.10. The van der Waals surface area contributed by atoms with Crippen molar-refractivity contribution in [2.75, 3.05) is 39.4 Å². The van der Waals surface area contributed by atoms with Crippen LogP contribution in [0.2, 0.25) is 0 Å². The first-order valence-corrected chi connectivity index (χ1v) is 9.14. The molecule has 9 heteroatoms. The van der Waals surface area contributed by atoms with Gasteiger partial charge in [-0.3, -0.25) is 4.90 Å². The Morgan fingerprint density at radius 3 is 2.27 bits per heavy atom. The Labute approximate surface area is 173 Å². The molecule has 0 aromatic heterocycles. The van der Waals surface area contributed by atoms with Crippen molar-refractivity contribution >= 4 is 40.7 Å². The minimum absolute atomic E-state index is 0. The van der Waals surface area contributed by atoms with Gasteiger partial charge in [-0.25, -0.2) is 0 Å². The number of alkyl halides is 3. The fourth-order valence-corrected chi connectivity index (χ4v) is 4.23. The summed E-state index contributed by atoms with van der Waals surface area (Å²) in [4.78, 5) is 2.33. The third kappa shape index (κ3) is 5.97. The lowest BCUT2D eigenvalue weighted by atomic mass is 9.85. The van der Waals surface area contributed by atoms with Crippen LogP contribution >= 0.6 is 40.7 Å². The molecule has 3 rings (SSSR count). The number of halogens is 6. The summed E-state index contributed by atoms with van der Waals surface area (Å²) in [5.41, 5.74) is 0.171. The van der Waals surface area contributed by atoms with Crippen molar-refractivity contribution in [3.8, 4) is 0 Å². The molecule has 2 aliphatic rings. The van der Waals surface area contributed by atoms with Crippen molar-refractivity contribution in [2.45, 2.75) is 25.1 Å². The number of hydrogen-bond acceptors (Lipinski definition) is 3. The normalized spacial score (nSPS) is 20.8. The number of rotatable bonds is 3. The van der Waals surface area contributed by atoms with Crippen molar-refractivity contribution in [1.29, 1.82) is 0 Å². The van der Waals surface area contributed by atoms with Crippen LogP contribution in [0.5, 0.6) is 0 Å². The predicted molar refractivity (Wildman–Crippen MR) is 104 cm³/mol. The Bertz CT molecular complexity index is 547. The van der Waals surface area contributed by atoms with Crippen LogP contribution in [0, 0.1) is 5.92 Å². The molecule has 0 amide bonds. The van der Waals surface area contributed by atoms with Crippen LogP contribution < -0.4 is 5.32 Å². The number of nitrogens with zero attached hydrogens (tertiary/aromatic N) is 1. The number of ether oxygens (including phenoxy) is 1. The molecule has 0 aliphatic carbocycles. The zero-order valence-corrected chi connectivity index (χ0v) is 17.4. The quantitative estimate of drug-likeness (QED) is 0.680. The van der Waals surface area contributed by atoms with Crippen molar-refractivity contribution in [2.24, 2.45) is 5.92 Å². The topological polar surface area (TPSA) is 24.5 Å². The van der Waals surface area contributed by atoms with Crippen molar-refractivity contribution < 1.29 is 17.9 Å². The maximum Gasteiger partial charge on any atom is 0.416 e. The molecular formula is C17H24BrCl2F3N2O. The van der Waals surface area contributed by atoms with E-state index in [0.29, 0.717) is 23.6 Å². The molecular weight excluding hydrogens is 456 g/mol. The Hall–Kier alpha value is -0.0500. The second-order valence-electron chi connectivity index (χ2n) is 6.45. The summed E-state index contributed by atoms with van der Waals surface area (Å²) in [5, 5.41) is 3.32. The van der Waals surface area contributed by atoms with E-state index in [4.69, 9.17) is 4.74 Å². The largest absolute Gasteiger partial charge is 0.416 e. The van der Waals surface area contributed by atoms with Crippen LogP contribution in [-0.4, -0.2) is 44.3 Å². The van der Waals surface area contributed by atoms with Crippen LogP contribution in [0.25, 0.3) is 0 Å². The summed E-state index contributed by atoms with van der Waals surface area (Å²) >= 11 is 3.27. The standard InChI is InChI=1S/C17H22BrF3N2O.2ClH/c18-15-10-13(9-14(11-15)17(19,20)21)16(12-1-7-24-8-2-12)23-5-3-22-4-6-23;;/h9-12,16,22H,1-8H2;2*1H/t16-;;/m1../s1. The van der Waals surface area contributed by atoms with Gasteiger partial charge in [0.25, 0.3) is 0 Å². The van der Waals surface area contributed by atoms with Crippen LogP contribution in [0.3, 0.4) is 0 Å². The SMILES string of the molecule is Cl.Cl.FC(F)(F)c1cc(Br)cc([C@@H](C2CCOCC2)N2CCNCC2)c1. The van der Waals surface area contributed by atoms with Gasteiger partial charge in [-0.15, -0.1) is 24.8 Å². The average Bonchev–Trinajstić information content (AvgIpc) is 2.56. The fourth-order valence-electron chi connectivity index (χ4n) is 3.72. The zero-order chi connectivity index (χ0) is 17.2. The highest BCUT2D eigenvalue weighted by atomic mass is 79.9. The molecule has 150 valence electrons. The lowest BCUT2D eigenvalue weighted by Gasteiger charge is -2.41. The summed E-state index contributed by atoms with van der Waals surface area (Å²) < 4.78 is 45.6. The smallest absolute Gasteiger partial charge is 0.381 e. The van der Waals surface area contributed by atoms with Gasteiger partial charge in [0.05, 0.1) is 5.56 Å². The number of nitrogens with one attached hydrogen (secondary N) is 1. The Morgan fingerprint density at radius 1 is 1.08 bits per heavy atom. The lowest BCUT2D eigenvalue weighted by Crippen LogP contribution is -2.47.